The third-order valence-electron chi connectivity index (χ3n) is 5.03. The van der Waals surface area contributed by atoms with Crippen LogP contribution in [-0.4, -0.2) is 41.6 Å². The molecule has 1 aromatic heterocycles. The zero-order valence-electron chi connectivity index (χ0n) is 12.1. The summed E-state index contributed by atoms with van der Waals surface area (Å²) in [4.78, 5) is 14.6. The van der Waals surface area contributed by atoms with E-state index < -0.39 is 0 Å². The predicted molar refractivity (Wildman–Crippen MR) is 78.7 cm³/mol. The number of rotatable bonds is 2. The number of benzene rings is 1. The van der Waals surface area contributed by atoms with Crippen LogP contribution in [0.15, 0.2) is 28.8 Å². The number of carbonyl (C=O) groups excluding carboxylic acids is 1. The lowest BCUT2D eigenvalue weighted by molar-refractivity contribution is -0.131. The average Bonchev–Trinajstić information content (AvgIpc) is 3.17. The van der Waals surface area contributed by atoms with Crippen LogP contribution >= 0.6 is 0 Å². The smallest absolute Gasteiger partial charge is 0.229 e. The van der Waals surface area contributed by atoms with Crippen LogP contribution in [0.1, 0.15) is 12.6 Å². The van der Waals surface area contributed by atoms with Crippen LogP contribution in [0.2, 0.25) is 0 Å². The number of carbonyl (C=O) groups is 1. The second-order valence-electron chi connectivity index (χ2n) is 6.17. The van der Waals surface area contributed by atoms with Gasteiger partial charge in [-0.25, -0.2) is 0 Å². The van der Waals surface area contributed by atoms with E-state index in [1.807, 2.05) is 29.2 Å². The molecule has 1 N–H and O–H groups in total. The first kappa shape index (κ1) is 12.8. The van der Waals surface area contributed by atoms with Gasteiger partial charge in [-0.3, -0.25) is 4.79 Å². The van der Waals surface area contributed by atoms with E-state index in [9.17, 15) is 4.79 Å². The van der Waals surface area contributed by atoms with Gasteiger partial charge in [0.05, 0.1) is 6.42 Å². The van der Waals surface area contributed by atoms with E-state index in [-0.39, 0.29) is 5.91 Å². The Balaban J connectivity index is 1.53. The van der Waals surface area contributed by atoms with Crippen LogP contribution in [0.25, 0.3) is 11.0 Å². The Morgan fingerprint density at radius 1 is 1.43 bits per heavy atom. The Bertz CT molecular complexity index is 681. The third kappa shape index (κ3) is 2.03. The van der Waals surface area contributed by atoms with Crippen molar-refractivity contribution in [1.82, 2.24) is 15.4 Å². The Morgan fingerprint density at radius 2 is 2.29 bits per heavy atom. The molecule has 1 aromatic carbocycles. The molecule has 2 aromatic rings. The number of fused-ring (bicyclic) bond motifs is 2. The molecule has 3 unspecified atom stereocenters. The summed E-state index contributed by atoms with van der Waals surface area (Å²) < 4.78 is 5.28. The molecule has 2 saturated heterocycles. The summed E-state index contributed by atoms with van der Waals surface area (Å²) in [6.07, 6.45) is 0.328. The van der Waals surface area contributed by atoms with Crippen LogP contribution in [0.3, 0.4) is 0 Å². The molecule has 2 aliphatic heterocycles. The highest BCUT2D eigenvalue weighted by atomic mass is 16.5. The largest absolute Gasteiger partial charge is 0.356 e. The van der Waals surface area contributed by atoms with Crippen molar-refractivity contribution >= 4 is 16.9 Å². The van der Waals surface area contributed by atoms with Crippen molar-refractivity contribution in [2.75, 3.05) is 19.6 Å². The zero-order valence-corrected chi connectivity index (χ0v) is 12.1. The number of hydrogen-bond acceptors (Lipinski definition) is 4. The molecule has 1 amide bonds. The minimum Gasteiger partial charge on any atom is -0.356 e. The SMILES string of the molecule is CC1C2CNCC2CN1C(=O)Cc1noc2ccccc12. The van der Waals surface area contributed by atoms with Gasteiger partial charge in [-0.05, 0) is 30.9 Å². The Hall–Kier alpha value is -1.88. The minimum atomic E-state index is 0.163. The van der Waals surface area contributed by atoms with Crippen LogP contribution in [0.5, 0.6) is 0 Å². The normalized spacial score (nSPS) is 28.2. The molecule has 110 valence electrons. The second kappa shape index (κ2) is 4.84. The van der Waals surface area contributed by atoms with Gasteiger partial charge < -0.3 is 14.7 Å². The standard InChI is InChI=1S/C16H19N3O2/c1-10-13-8-17-7-11(13)9-19(10)16(20)6-14-12-4-2-3-5-15(12)21-18-14/h2-5,10-11,13,17H,6-9H2,1H3. The third-order valence-corrected chi connectivity index (χ3v) is 5.03. The summed E-state index contributed by atoms with van der Waals surface area (Å²) in [7, 11) is 0. The van der Waals surface area contributed by atoms with Gasteiger partial charge in [0.15, 0.2) is 5.58 Å². The molecule has 0 spiro atoms. The van der Waals surface area contributed by atoms with Crippen LogP contribution in [0, 0.1) is 11.8 Å². The molecule has 3 atom stereocenters. The number of amides is 1. The summed E-state index contributed by atoms with van der Waals surface area (Å²) in [5, 5.41) is 8.43. The highest BCUT2D eigenvalue weighted by Crippen LogP contribution is 2.32. The maximum Gasteiger partial charge on any atom is 0.229 e. The molecule has 3 heterocycles. The number of hydrogen-bond donors (Lipinski definition) is 1. The quantitative estimate of drug-likeness (QED) is 0.907. The average molecular weight is 285 g/mol. The first-order valence-corrected chi connectivity index (χ1v) is 7.57. The lowest BCUT2D eigenvalue weighted by Crippen LogP contribution is -2.39. The van der Waals surface area contributed by atoms with Gasteiger partial charge in [-0.1, -0.05) is 17.3 Å². The Kier molecular flexibility index (Phi) is 2.96. The van der Waals surface area contributed by atoms with Crippen LogP contribution in [-0.2, 0) is 11.2 Å². The van der Waals surface area contributed by atoms with Crippen LogP contribution < -0.4 is 5.32 Å². The van der Waals surface area contributed by atoms with Gasteiger partial charge in [-0.15, -0.1) is 0 Å². The van der Waals surface area contributed by atoms with Crippen LogP contribution in [0.4, 0.5) is 0 Å². The molecular weight excluding hydrogens is 266 g/mol. The van der Waals surface area contributed by atoms with Gasteiger partial charge in [0, 0.05) is 31.1 Å². The number of likely N-dealkylation sites (tertiary alicyclic amines) is 1. The van der Waals surface area contributed by atoms with Crippen molar-refractivity contribution in [3.05, 3.63) is 30.0 Å². The summed E-state index contributed by atoms with van der Waals surface area (Å²) in [6.45, 7) is 5.10. The van der Waals surface area contributed by atoms with Gasteiger partial charge in [0.25, 0.3) is 0 Å². The maximum atomic E-state index is 12.6. The van der Waals surface area contributed by atoms with Gasteiger partial charge in [0.2, 0.25) is 5.91 Å². The topological polar surface area (TPSA) is 58.4 Å². The molecule has 5 nitrogen and oxygen atoms in total. The molecule has 0 radical (unpaired) electrons. The number of aromatic nitrogens is 1. The number of para-hydroxylation sites is 1. The van der Waals surface area contributed by atoms with Crippen molar-refractivity contribution in [3.63, 3.8) is 0 Å². The minimum absolute atomic E-state index is 0.163. The van der Waals surface area contributed by atoms with E-state index in [1.165, 1.54) is 0 Å². The summed E-state index contributed by atoms with van der Waals surface area (Å²) in [6, 6.07) is 8.01. The summed E-state index contributed by atoms with van der Waals surface area (Å²) in [5.74, 6) is 1.37. The molecule has 2 aliphatic rings. The van der Waals surface area contributed by atoms with E-state index in [4.69, 9.17) is 4.52 Å². The fraction of sp³-hybridized carbons (Fsp3) is 0.500. The van der Waals surface area contributed by atoms with E-state index in [1.54, 1.807) is 0 Å². The van der Waals surface area contributed by atoms with Crippen molar-refractivity contribution < 1.29 is 9.32 Å². The van der Waals surface area contributed by atoms with E-state index >= 15 is 0 Å². The number of nitrogens with one attached hydrogen (secondary N) is 1. The summed E-state index contributed by atoms with van der Waals surface area (Å²) >= 11 is 0. The Labute approximate surface area is 123 Å². The lowest BCUT2D eigenvalue weighted by Gasteiger charge is -2.24. The highest BCUT2D eigenvalue weighted by Gasteiger charge is 2.43. The highest BCUT2D eigenvalue weighted by molar-refractivity contribution is 5.86. The molecule has 21 heavy (non-hydrogen) atoms. The summed E-state index contributed by atoms with van der Waals surface area (Å²) in [5.41, 5.74) is 1.49. The molecule has 2 fully saturated rings. The van der Waals surface area contributed by atoms with E-state index in [2.05, 4.69) is 17.4 Å². The molecular formula is C16H19N3O2. The zero-order chi connectivity index (χ0) is 14.4. The fourth-order valence-corrected chi connectivity index (χ4v) is 3.81. The monoisotopic (exact) mass is 285 g/mol. The Morgan fingerprint density at radius 3 is 3.14 bits per heavy atom. The van der Waals surface area contributed by atoms with Crippen molar-refractivity contribution in [3.8, 4) is 0 Å². The molecule has 0 saturated carbocycles. The molecule has 5 heteroatoms. The van der Waals surface area contributed by atoms with Crippen molar-refractivity contribution in [2.45, 2.75) is 19.4 Å². The number of nitrogens with zero attached hydrogens (tertiary/aromatic N) is 2. The van der Waals surface area contributed by atoms with Gasteiger partial charge in [0.1, 0.15) is 5.69 Å². The fourth-order valence-electron chi connectivity index (χ4n) is 3.81. The predicted octanol–water partition coefficient (Wildman–Crippen LogP) is 1.44. The second-order valence-corrected chi connectivity index (χ2v) is 6.17. The molecule has 0 bridgehead atoms. The molecule has 0 aliphatic carbocycles. The van der Waals surface area contributed by atoms with E-state index in [0.717, 1.165) is 36.3 Å². The van der Waals surface area contributed by atoms with Crippen molar-refractivity contribution in [2.24, 2.45) is 11.8 Å². The lowest BCUT2D eigenvalue weighted by atomic mass is 9.95. The maximum absolute atomic E-state index is 12.6. The van der Waals surface area contributed by atoms with Gasteiger partial charge in [-0.2, -0.15) is 0 Å². The molecule has 4 rings (SSSR count). The van der Waals surface area contributed by atoms with Gasteiger partial charge >= 0.3 is 0 Å². The first-order valence-electron chi connectivity index (χ1n) is 7.57. The van der Waals surface area contributed by atoms with Crippen molar-refractivity contribution in [1.29, 1.82) is 0 Å². The van der Waals surface area contributed by atoms with E-state index in [0.29, 0.717) is 24.3 Å². The first-order chi connectivity index (χ1) is 10.2.